The van der Waals surface area contributed by atoms with Gasteiger partial charge in [0.1, 0.15) is 0 Å². The molecule has 15 heavy (non-hydrogen) atoms. The van der Waals surface area contributed by atoms with E-state index < -0.39 is 0 Å². The molecule has 0 amide bonds. The second-order valence-corrected chi connectivity index (χ2v) is 5.00. The van der Waals surface area contributed by atoms with Crippen molar-refractivity contribution in [1.82, 2.24) is 5.32 Å². The van der Waals surface area contributed by atoms with Gasteiger partial charge in [0.2, 0.25) is 0 Å². The summed E-state index contributed by atoms with van der Waals surface area (Å²) in [4.78, 5) is 0. The van der Waals surface area contributed by atoms with Crippen molar-refractivity contribution in [2.75, 3.05) is 13.2 Å². The van der Waals surface area contributed by atoms with E-state index in [4.69, 9.17) is 10.5 Å². The fourth-order valence-corrected chi connectivity index (χ4v) is 2.73. The van der Waals surface area contributed by atoms with Crippen LogP contribution >= 0.6 is 0 Å². The lowest BCUT2D eigenvalue weighted by molar-refractivity contribution is 0.103. The maximum Gasteiger partial charge on any atom is 0.0588 e. The van der Waals surface area contributed by atoms with E-state index in [1.54, 1.807) is 0 Å². The second kappa shape index (κ2) is 5.83. The predicted molar refractivity (Wildman–Crippen MR) is 61.8 cm³/mol. The van der Waals surface area contributed by atoms with Crippen LogP contribution in [0, 0.1) is 0 Å². The summed E-state index contributed by atoms with van der Waals surface area (Å²) < 4.78 is 5.60. The number of nitrogens with two attached hydrogens (primary N) is 1. The maximum atomic E-state index is 5.95. The second-order valence-electron chi connectivity index (χ2n) is 5.00. The Kier molecular flexibility index (Phi) is 4.42. The third-order valence-corrected chi connectivity index (χ3v) is 3.64. The molecule has 2 rings (SSSR count). The molecule has 88 valence electrons. The molecule has 0 aromatic rings. The molecule has 0 aromatic carbocycles. The fourth-order valence-electron chi connectivity index (χ4n) is 2.73. The molecule has 1 aliphatic carbocycles. The van der Waals surface area contributed by atoms with Crippen LogP contribution in [0.25, 0.3) is 0 Å². The summed E-state index contributed by atoms with van der Waals surface area (Å²) in [6, 6.07) is 1.09. The van der Waals surface area contributed by atoms with Gasteiger partial charge in [0, 0.05) is 18.7 Å². The minimum atomic E-state index is 0.430. The van der Waals surface area contributed by atoms with E-state index >= 15 is 0 Å². The molecule has 2 aliphatic rings. The standard InChI is InChI=1S/C12H24N2O/c13-10-3-1-4-11(9-10)14-7-6-12-5-2-8-15-12/h10-12,14H,1-9,13H2. The molecule has 0 spiro atoms. The monoisotopic (exact) mass is 212 g/mol. The SMILES string of the molecule is NC1CCCC(NCCC2CCCO2)C1. The highest BCUT2D eigenvalue weighted by Gasteiger charge is 2.19. The van der Waals surface area contributed by atoms with Crippen molar-refractivity contribution in [3.05, 3.63) is 0 Å². The molecule has 1 saturated heterocycles. The number of hydrogen-bond acceptors (Lipinski definition) is 3. The van der Waals surface area contributed by atoms with Gasteiger partial charge in [-0.2, -0.15) is 0 Å². The molecule has 2 fully saturated rings. The Bertz CT molecular complexity index is 180. The first-order valence-corrected chi connectivity index (χ1v) is 6.45. The zero-order valence-electron chi connectivity index (χ0n) is 9.58. The van der Waals surface area contributed by atoms with Gasteiger partial charge in [-0.15, -0.1) is 0 Å². The van der Waals surface area contributed by atoms with E-state index in [9.17, 15) is 0 Å². The third kappa shape index (κ3) is 3.74. The summed E-state index contributed by atoms with van der Waals surface area (Å²) in [6.07, 6.45) is 9.17. The first-order chi connectivity index (χ1) is 7.34. The highest BCUT2D eigenvalue weighted by atomic mass is 16.5. The van der Waals surface area contributed by atoms with E-state index in [2.05, 4.69) is 5.32 Å². The summed E-state index contributed by atoms with van der Waals surface area (Å²) >= 11 is 0. The Balaban J connectivity index is 1.56. The summed E-state index contributed by atoms with van der Waals surface area (Å²) in [5.41, 5.74) is 5.95. The van der Waals surface area contributed by atoms with Gasteiger partial charge >= 0.3 is 0 Å². The van der Waals surface area contributed by atoms with Crippen LogP contribution in [-0.2, 0) is 4.74 Å². The molecule has 3 unspecified atom stereocenters. The first kappa shape index (κ1) is 11.4. The highest BCUT2D eigenvalue weighted by molar-refractivity contribution is 4.80. The van der Waals surface area contributed by atoms with E-state index in [0.29, 0.717) is 18.2 Å². The number of ether oxygens (including phenoxy) is 1. The zero-order chi connectivity index (χ0) is 10.5. The Labute approximate surface area is 92.7 Å². The molecular weight excluding hydrogens is 188 g/mol. The van der Waals surface area contributed by atoms with Crippen LogP contribution in [0.5, 0.6) is 0 Å². The highest BCUT2D eigenvalue weighted by Crippen LogP contribution is 2.18. The Morgan fingerprint density at radius 1 is 1.20 bits per heavy atom. The van der Waals surface area contributed by atoms with Gasteiger partial charge < -0.3 is 15.8 Å². The average Bonchev–Trinajstić information content (AvgIpc) is 2.71. The molecule has 3 nitrogen and oxygen atoms in total. The molecular formula is C12H24N2O. The van der Waals surface area contributed by atoms with Crippen molar-refractivity contribution < 1.29 is 4.74 Å². The van der Waals surface area contributed by atoms with Crippen LogP contribution in [0.1, 0.15) is 44.9 Å². The molecule has 3 heteroatoms. The third-order valence-electron chi connectivity index (χ3n) is 3.64. The van der Waals surface area contributed by atoms with Crippen molar-refractivity contribution in [3.8, 4) is 0 Å². The minimum Gasteiger partial charge on any atom is -0.378 e. The molecule has 1 heterocycles. The smallest absolute Gasteiger partial charge is 0.0588 e. The van der Waals surface area contributed by atoms with E-state index in [-0.39, 0.29) is 0 Å². The lowest BCUT2D eigenvalue weighted by atomic mass is 9.91. The van der Waals surface area contributed by atoms with E-state index in [1.165, 1.54) is 38.5 Å². The topological polar surface area (TPSA) is 47.3 Å². The fraction of sp³-hybridized carbons (Fsp3) is 1.00. The van der Waals surface area contributed by atoms with E-state index in [1.807, 2.05) is 0 Å². The number of rotatable bonds is 4. The van der Waals surface area contributed by atoms with Gasteiger partial charge in [-0.25, -0.2) is 0 Å². The number of nitrogens with one attached hydrogen (secondary N) is 1. The molecule has 0 radical (unpaired) electrons. The lowest BCUT2D eigenvalue weighted by Crippen LogP contribution is -2.40. The molecule has 0 aromatic heterocycles. The average molecular weight is 212 g/mol. The van der Waals surface area contributed by atoms with Gasteiger partial charge in [-0.05, 0) is 45.1 Å². The van der Waals surface area contributed by atoms with Crippen LogP contribution in [0.15, 0.2) is 0 Å². The number of hydrogen-bond donors (Lipinski definition) is 2. The quantitative estimate of drug-likeness (QED) is 0.741. The molecule has 3 atom stereocenters. The summed E-state index contributed by atoms with van der Waals surface area (Å²) in [6.45, 7) is 2.07. The molecule has 0 bridgehead atoms. The molecule has 1 aliphatic heterocycles. The van der Waals surface area contributed by atoms with Crippen LogP contribution in [-0.4, -0.2) is 31.3 Å². The van der Waals surface area contributed by atoms with Crippen molar-refractivity contribution in [3.63, 3.8) is 0 Å². The Hall–Kier alpha value is -0.120. The predicted octanol–water partition coefficient (Wildman–Crippen LogP) is 1.41. The van der Waals surface area contributed by atoms with Crippen LogP contribution < -0.4 is 11.1 Å². The normalized spacial score (nSPS) is 37.0. The van der Waals surface area contributed by atoms with Crippen LogP contribution in [0.4, 0.5) is 0 Å². The van der Waals surface area contributed by atoms with Crippen molar-refractivity contribution in [2.24, 2.45) is 5.73 Å². The molecule has 3 N–H and O–H groups in total. The summed E-state index contributed by atoms with van der Waals surface area (Å²) in [5, 5.41) is 3.62. The summed E-state index contributed by atoms with van der Waals surface area (Å²) in [7, 11) is 0. The lowest BCUT2D eigenvalue weighted by Gasteiger charge is -2.27. The van der Waals surface area contributed by atoms with Crippen molar-refractivity contribution in [1.29, 1.82) is 0 Å². The van der Waals surface area contributed by atoms with Gasteiger partial charge in [0.25, 0.3) is 0 Å². The van der Waals surface area contributed by atoms with Crippen LogP contribution in [0.3, 0.4) is 0 Å². The van der Waals surface area contributed by atoms with Crippen molar-refractivity contribution >= 4 is 0 Å². The maximum absolute atomic E-state index is 5.95. The largest absolute Gasteiger partial charge is 0.378 e. The van der Waals surface area contributed by atoms with Gasteiger partial charge in [-0.1, -0.05) is 6.42 Å². The van der Waals surface area contributed by atoms with Crippen molar-refractivity contribution in [2.45, 2.75) is 63.1 Å². The molecule has 1 saturated carbocycles. The summed E-state index contributed by atoms with van der Waals surface area (Å²) in [5.74, 6) is 0. The van der Waals surface area contributed by atoms with Crippen LogP contribution in [0.2, 0.25) is 0 Å². The minimum absolute atomic E-state index is 0.430. The van der Waals surface area contributed by atoms with E-state index in [0.717, 1.165) is 19.6 Å². The van der Waals surface area contributed by atoms with Gasteiger partial charge in [-0.3, -0.25) is 0 Å². The van der Waals surface area contributed by atoms with Gasteiger partial charge in [0.05, 0.1) is 6.10 Å². The first-order valence-electron chi connectivity index (χ1n) is 6.45. The Morgan fingerprint density at radius 3 is 2.87 bits per heavy atom. The zero-order valence-corrected chi connectivity index (χ0v) is 9.58. The van der Waals surface area contributed by atoms with Gasteiger partial charge in [0.15, 0.2) is 0 Å². The Morgan fingerprint density at radius 2 is 2.13 bits per heavy atom.